The molecule has 2 aromatic rings. The molecule has 6 heteroatoms. The zero-order valence-electron chi connectivity index (χ0n) is 13.5. The third-order valence-corrected chi connectivity index (χ3v) is 3.77. The molecule has 23 heavy (non-hydrogen) atoms. The van der Waals surface area contributed by atoms with E-state index in [1.54, 1.807) is 17.8 Å². The lowest BCUT2D eigenvalue weighted by atomic mass is 10.1. The Morgan fingerprint density at radius 3 is 2.65 bits per heavy atom. The Hall–Kier alpha value is -2.63. The lowest BCUT2D eigenvalue weighted by Crippen LogP contribution is -2.33. The molecule has 0 bridgehead atoms. The SMILES string of the molecule is Cc1ccccc1-n1ncc(C(=O)NC(C)CCC(=O)O)c1C. The number of aromatic nitrogens is 2. The second kappa shape index (κ2) is 7.09. The van der Waals surface area contributed by atoms with Gasteiger partial charge in [0.2, 0.25) is 0 Å². The number of nitrogens with one attached hydrogen (secondary N) is 1. The zero-order chi connectivity index (χ0) is 17.0. The number of carboxylic acid groups (broad SMARTS) is 1. The van der Waals surface area contributed by atoms with E-state index in [1.807, 2.05) is 38.1 Å². The normalized spacial score (nSPS) is 12.0. The molecule has 1 aromatic carbocycles. The highest BCUT2D eigenvalue weighted by molar-refractivity contribution is 5.95. The van der Waals surface area contributed by atoms with Crippen LogP contribution in [0.4, 0.5) is 0 Å². The van der Waals surface area contributed by atoms with Crippen molar-refractivity contribution < 1.29 is 14.7 Å². The van der Waals surface area contributed by atoms with E-state index in [-0.39, 0.29) is 18.4 Å². The van der Waals surface area contributed by atoms with E-state index in [1.165, 1.54) is 0 Å². The lowest BCUT2D eigenvalue weighted by molar-refractivity contribution is -0.137. The number of aryl methyl sites for hydroxylation is 1. The maximum Gasteiger partial charge on any atom is 0.303 e. The lowest BCUT2D eigenvalue weighted by Gasteiger charge is -2.13. The van der Waals surface area contributed by atoms with Crippen molar-refractivity contribution in [1.82, 2.24) is 15.1 Å². The fraction of sp³-hybridized carbons (Fsp3) is 0.353. The second-order valence-corrected chi connectivity index (χ2v) is 5.65. The average Bonchev–Trinajstić information content (AvgIpc) is 2.87. The molecule has 1 amide bonds. The molecule has 1 unspecified atom stereocenters. The van der Waals surface area contributed by atoms with E-state index in [0.717, 1.165) is 16.9 Å². The largest absolute Gasteiger partial charge is 0.481 e. The quantitative estimate of drug-likeness (QED) is 0.857. The molecule has 1 atom stereocenters. The van der Waals surface area contributed by atoms with Crippen LogP contribution in [0.1, 0.15) is 41.4 Å². The molecular weight excluding hydrogens is 294 g/mol. The van der Waals surface area contributed by atoms with E-state index < -0.39 is 5.97 Å². The molecule has 0 aliphatic heterocycles. The molecule has 6 nitrogen and oxygen atoms in total. The first-order valence-corrected chi connectivity index (χ1v) is 7.53. The molecule has 0 saturated carbocycles. The van der Waals surface area contributed by atoms with Crippen molar-refractivity contribution in [3.05, 3.63) is 47.3 Å². The molecule has 0 aliphatic rings. The summed E-state index contributed by atoms with van der Waals surface area (Å²) < 4.78 is 1.74. The van der Waals surface area contributed by atoms with Crippen molar-refractivity contribution in [3.63, 3.8) is 0 Å². The van der Waals surface area contributed by atoms with E-state index in [9.17, 15) is 9.59 Å². The van der Waals surface area contributed by atoms with Gasteiger partial charge < -0.3 is 10.4 Å². The number of hydrogen-bond donors (Lipinski definition) is 2. The van der Waals surface area contributed by atoms with Crippen LogP contribution in [0.5, 0.6) is 0 Å². The Morgan fingerprint density at radius 1 is 1.30 bits per heavy atom. The molecule has 0 spiro atoms. The summed E-state index contributed by atoms with van der Waals surface area (Å²) in [4.78, 5) is 22.9. The highest BCUT2D eigenvalue weighted by Crippen LogP contribution is 2.17. The topological polar surface area (TPSA) is 84.2 Å². The summed E-state index contributed by atoms with van der Waals surface area (Å²) in [6.45, 7) is 5.63. The molecule has 0 radical (unpaired) electrons. The Kier molecular flexibility index (Phi) is 5.16. The molecule has 1 heterocycles. The molecule has 122 valence electrons. The average molecular weight is 315 g/mol. The van der Waals surface area contributed by atoms with Crippen LogP contribution in [0.15, 0.2) is 30.5 Å². The number of para-hydroxylation sites is 1. The summed E-state index contributed by atoms with van der Waals surface area (Å²) in [6, 6.07) is 7.61. The molecule has 1 aromatic heterocycles. The van der Waals surface area contributed by atoms with Gasteiger partial charge in [-0.05, 0) is 38.8 Å². The van der Waals surface area contributed by atoms with E-state index in [0.29, 0.717) is 12.0 Å². The number of carbonyl (C=O) groups is 2. The summed E-state index contributed by atoms with van der Waals surface area (Å²) in [5, 5.41) is 15.8. The van der Waals surface area contributed by atoms with Crippen molar-refractivity contribution in [2.24, 2.45) is 0 Å². The molecule has 2 rings (SSSR count). The van der Waals surface area contributed by atoms with Gasteiger partial charge >= 0.3 is 5.97 Å². The van der Waals surface area contributed by atoms with Gasteiger partial charge in [0, 0.05) is 12.5 Å². The van der Waals surface area contributed by atoms with Crippen molar-refractivity contribution in [2.45, 2.75) is 39.7 Å². The summed E-state index contributed by atoms with van der Waals surface area (Å²) in [5.74, 6) is -1.10. The van der Waals surface area contributed by atoms with Crippen molar-refractivity contribution in [1.29, 1.82) is 0 Å². The van der Waals surface area contributed by atoms with E-state index >= 15 is 0 Å². The number of nitrogens with zero attached hydrogens (tertiary/aromatic N) is 2. The number of carboxylic acids is 1. The minimum absolute atomic E-state index is 0.0307. The smallest absolute Gasteiger partial charge is 0.303 e. The monoisotopic (exact) mass is 315 g/mol. The number of aliphatic carboxylic acids is 1. The predicted molar refractivity (Wildman–Crippen MR) is 86.8 cm³/mol. The summed E-state index contributed by atoms with van der Waals surface area (Å²) in [5.41, 5.74) is 3.25. The standard InChI is InChI=1S/C17H21N3O3/c1-11-6-4-5-7-15(11)20-13(3)14(10-18-20)17(23)19-12(2)8-9-16(21)22/h4-7,10,12H,8-9H2,1-3H3,(H,19,23)(H,21,22). The van der Waals surface area contributed by atoms with Crippen LogP contribution in [0.2, 0.25) is 0 Å². The first kappa shape index (κ1) is 16.7. The predicted octanol–water partition coefficient (Wildman–Crippen LogP) is 2.47. The van der Waals surface area contributed by atoms with Crippen LogP contribution >= 0.6 is 0 Å². The molecule has 0 saturated heterocycles. The fourth-order valence-electron chi connectivity index (χ4n) is 2.39. The molecule has 2 N–H and O–H groups in total. The number of benzene rings is 1. The highest BCUT2D eigenvalue weighted by Gasteiger charge is 2.17. The fourth-order valence-corrected chi connectivity index (χ4v) is 2.39. The first-order valence-electron chi connectivity index (χ1n) is 7.53. The van der Waals surface area contributed by atoms with Crippen LogP contribution in [0, 0.1) is 13.8 Å². The highest BCUT2D eigenvalue weighted by atomic mass is 16.4. The van der Waals surface area contributed by atoms with E-state index in [2.05, 4.69) is 10.4 Å². The number of hydrogen-bond acceptors (Lipinski definition) is 3. The summed E-state index contributed by atoms with van der Waals surface area (Å²) in [7, 11) is 0. The van der Waals surface area contributed by atoms with Crippen LogP contribution in [0.3, 0.4) is 0 Å². The number of amides is 1. The Bertz CT molecular complexity index is 722. The Balaban J connectivity index is 2.14. The molecular formula is C17H21N3O3. The summed E-state index contributed by atoms with van der Waals surface area (Å²) in [6.07, 6.45) is 1.97. The molecule has 0 aliphatic carbocycles. The van der Waals surface area contributed by atoms with Crippen molar-refractivity contribution in [3.8, 4) is 5.69 Å². The van der Waals surface area contributed by atoms with Gasteiger partial charge in [0.25, 0.3) is 5.91 Å². The van der Waals surface area contributed by atoms with Crippen LogP contribution in [0.25, 0.3) is 5.69 Å². The Labute approximate surface area is 135 Å². The second-order valence-electron chi connectivity index (χ2n) is 5.65. The maximum atomic E-state index is 12.3. The van der Waals surface area contributed by atoms with Gasteiger partial charge in [0.05, 0.1) is 23.1 Å². The van der Waals surface area contributed by atoms with Crippen molar-refractivity contribution in [2.75, 3.05) is 0 Å². The third kappa shape index (κ3) is 3.97. The summed E-state index contributed by atoms with van der Waals surface area (Å²) >= 11 is 0. The zero-order valence-corrected chi connectivity index (χ0v) is 13.5. The minimum atomic E-state index is -0.866. The van der Waals surface area contributed by atoms with Crippen LogP contribution in [-0.4, -0.2) is 32.8 Å². The van der Waals surface area contributed by atoms with Gasteiger partial charge in [-0.25, -0.2) is 4.68 Å². The van der Waals surface area contributed by atoms with Gasteiger partial charge in [-0.15, -0.1) is 0 Å². The minimum Gasteiger partial charge on any atom is -0.481 e. The van der Waals surface area contributed by atoms with Gasteiger partial charge in [0.1, 0.15) is 0 Å². The van der Waals surface area contributed by atoms with Crippen LogP contribution < -0.4 is 5.32 Å². The number of rotatable bonds is 6. The third-order valence-electron chi connectivity index (χ3n) is 3.77. The van der Waals surface area contributed by atoms with Gasteiger partial charge in [-0.3, -0.25) is 9.59 Å². The van der Waals surface area contributed by atoms with Crippen LogP contribution in [-0.2, 0) is 4.79 Å². The molecule has 0 fully saturated rings. The Morgan fingerprint density at radius 2 is 2.00 bits per heavy atom. The van der Waals surface area contributed by atoms with Gasteiger partial charge in [-0.1, -0.05) is 18.2 Å². The number of carbonyl (C=O) groups excluding carboxylic acids is 1. The first-order chi connectivity index (χ1) is 10.9. The van der Waals surface area contributed by atoms with E-state index in [4.69, 9.17) is 5.11 Å². The van der Waals surface area contributed by atoms with Crippen molar-refractivity contribution >= 4 is 11.9 Å². The maximum absolute atomic E-state index is 12.3. The van der Waals surface area contributed by atoms with Gasteiger partial charge in [0.15, 0.2) is 0 Å². The van der Waals surface area contributed by atoms with Gasteiger partial charge in [-0.2, -0.15) is 5.10 Å².